The maximum absolute atomic E-state index is 5.88. The van der Waals surface area contributed by atoms with Gasteiger partial charge in [-0.1, -0.05) is 65.8 Å². The third-order valence-electron chi connectivity index (χ3n) is 2.81. The standard InChI is InChI=1S/C15H11ClN2S/c16-13-8-6-11(7-9-13)14-10-19-15(18-17-14)12-4-2-1-3-5-12/h1-9H,10H2. The molecule has 4 heteroatoms. The average Bonchev–Trinajstić information content (AvgIpc) is 2.49. The molecule has 2 nitrogen and oxygen atoms in total. The molecular formula is C15H11ClN2S. The molecule has 2 aromatic carbocycles. The summed E-state index contributed by atoms with van der Waals surface area (Å²) < 4.78 is 0. The van der Waals surface area contributed by atoms with Crippen molar-refractivity contribution in [1.82, 2.24) is 0 Å². The second-order valence-corrected chi connectivity index (χ2v) is 5.51. The van der Waals surface area contributed by atoms with Crippen LogP contribution in [0, 0.1) is 0 Å². The molecule has 0 bridgehead atoms. The number of rotatable bonds is 2. The summed E-state index contributed by atoms with van der Waals surface area (Å²) in [4.78, 5) is 0. The van der Waals surface area contributed by atoms with E-state index in [4.69, 9.17) is 11.6 Å². The first kappa shape index (κ1) is 12.5. The molecule has 0 aromatic heterocycles. The van der Waals surface area contributed by atoms with Crippen LogP contribution in [0.5, 0.6) is 0 Å². The fraction of sp³-hybridized carbons (Fsp3) is 0.0667. The van der Waals surface area contributed by atoms with Crippen molar-refractivity contribution in [2.24, 2.45) is 10.2 Å². The number of hydrogen-bond donors (Lipinski definition) is 0. The number of hydrogen-bond acceptors (Lipinski definition) is 3. The molecule has 1 aliphatic rings. The van der Waals surface area contributed by atoms with E-state index in [9.17, 15) is 0 Å². The Morgan fingerprint density at radius 2 is 1.58 bits per heavy atom. The Hall–Kier alpha value is -1.58. The molecule has 2 aromatic rings. The van der Waals surface area contributed by atoms with Gasteiger partial charge in [-0.25, -0.2) is 0 Å². The van der Waals surface area contributed by atoms with E-state index in [1.54, 1.807) is 11.8 Å². The Bertz CT molecular complexity index is 633. The van der Waals surface area contributed by atoms with Gasteiger partial charge in [0.25, 0.3) is 0 Å². The lowest BCUT2D eigenvalue weighted by Gasteiger charge is -2.12. The Labute approximate surface area is 121 Å². The number of thioether (sulfide) groups is 1. The lowest BCUT2D eigenvalue weighted by molar-refractivity contribution is 1.23. The van der Waals surface area contributed by atoms with Crippen LogP contribution in [-0.2, 0) is 0 Å². The van der Waals surface area contributed by atoms with Gasteiger partial charge >= 0.3 is 0 Å². The highest BCUT2D eigenvalue weighted by atomic mass is 35.5. The minimum atomic E-state index is 0.737. The van der Waals surface area contributed by atoms with E-state index < -0.39 is 0 Å². The summed E-state index contributed by atoms with van der Waals surface area (Å²) in [5, 5.41) is 10.4. The first-order valence-electron chi connectivity index (χ1n) is 5.91. The van der Waals surface area contributed by atoms with E-state index in [1.807, 2.05) is 42.5 Å². The number of benzene rings is 2. The molecule has 0 amide bonds. The Morgan fingerprint density at radius 1 is 0.842 bits per heavy atom. The van der Waals surface area contributed by atoms with Crippen LogP contribution in [0.1, 0.15) is 11.1 Å². The molecule has 0 radical (unpaired) electrons. The Balaban J connectivity index is 1.86. The van der Waals surface area contributed by atoms with Crippen LogP contribution < -0.4 is 0 Å². The normalized spacial score (nSPS) is 14.8. The Kier molecular flexibility index (Phi) is 3.67. The number of nitrogens with zero attached hydrogens (tertiary/aromatic N) is 2. The molecule has 94 valence electrons. The molecule has 3 rings (SSSR count). The molecule has 0 atom stereocenters. The van der Waals surface area contributed by atoms with Crippen molar-refractivity contribution in [2.45, 2.75) is 0 Å². The molecule has 0 saturated carbocycles. The van der Waals surface area contributed by atoms with E-state index in [0.29, 0.717) is 0 Å². The summed E-state index contributed by atoms with van der Waals surface area (Å²) in [6.45, 7) is 0. The zero-order valence-electron chi connectivity index (χ0n) is 10.1. The largest absolute Gasteiger partial charge is 0.153 e. The van der Waals surface area contributed by atoms with Crippen LogP contribution in [0.4, 0.5) is 0 Å². The highest BCUT2D eigenvalue weighted by molar-refractivity contribution is 8.15. The van der Waals surface area contributed by atoms with Crippen molar-refractivity contribution in [3.63, 3.8) is 0 Å². The molecule has 0 aliphatic carbocycles. The molecule has 19 heavy (non-hydrogen) atoms. The van der Waals surface area contributed by atoms with E-state index in [1.165, 1.54) is 0 Å². The summed E-state index contributed by atoms with van der Waals surface area (Å²) in [6, 6.07) is 17.8. The van der Waals surface area contributed by atoms with Crippen molar-refractivity contribution in [2.75, 3.05) is 5.75 Å². The predicted octanol–water partition coefficient (Wildman–Crippen LogP) is 4.24. The molecule has 1 heterocycles. The lowest BCUT2D eigenvalue weighted by Crippen LogP contribution is -2.11. The van der Waals surface area contributed by atoms with E-state index in [2.05, 4.69) is 22.3 Å². The first-order chi connectivity index (χ1) is 9.33. The maximum Gasteiger partial charge on any atom is 0.126 e. The average molecular weight is 287 g/mol. The molecule has 0 saturated heterocycles. The highest BCUT2D eigenvalue weighted by Gasteiger charge is 2.13. The zero-order chi connectivity index (χ0) is 13.1. The molecule has 0 unspecified atom stereocenters. The van der Waals surface area contributed by atoms with Crippen LogP contribution in [0.25, 0.3) is 0 Å². The van der Waals surface area contributed by atoms with Gasteiger partial charge in [-0.15, -0.1) is 5.10 Å². The van der Waals surface area contributed by atoms with Gasteiger partial charge in [0.05, 0.1) is 5.71 Å². The SMILES string of the molecule is Clc1ccc(C2=NN=C(c3ccccc3)SC2)cc1. The van der Waals surface area contributed by atoms with Crippen LogP contribution in [0.3, 0.4) is 0 Å². The predicted molar refractivity (Wildman–Crippen MR) is 83.4 cm³/mol. The van der Waals surface area contributed by atoms with Gasteiger partial charge in [-0.05, 0) is 17.7 Å². The van der Waals surface area contributed by atoms with Crippen LogP contribution in [0.2, 0.25) is 5.02 Å². The monoisotopic (exact) mass is 286 g/mol. The second-order valence-electron chi connectivity index (χ2n) is 4.11. The van der Waals surface area contributed by atoms with E-state index in [-0.39, 0.29) is 0 Å². The molecule has 0 N–H and O–H groups in total. The van der Waals surface area contributed by atoms with Crippen molar-refractivity contribution in [1.29, 1.82) is 0 Å². The van der Waals surface area contributed by atoms with Gasteiger partial charge in [0, 0.05) is 16.3 Å². The van der Waals surface area contributed by atoms with Gasteiger partial charge < -0.3 is 0 Å². The molecule has 0 fully saturated rings. The van der Waals surface area contributed by atoms with Crippen LogP contribution in [0.15, 0.2) is 64.8 Å². The fourth-order valence-electron chi connectivity index (χ4n) is 1.81. The highest BCUT2D eigenvalue weighted by Crippen LogP contribution is 2.21. The van der Waals surface area contributed by atoms with Crippen molar-refractivity contribution >= 4 is 34.1 Å². The topological polar surface area (TPSA) is 24.7 Å². The van der Waals surface area contributed by atoms with Crippen molar-refractivity contribution < 1.29 is 0 Å². The minimum Gasteiger partial charge on any atom is -0.153 e. The quantitative estimate of drug-likeness (QED) is 0.810. The van der Waals surface area contributed by atoms with Crippen molar-refractivity contribution in [3.05, 3.63) is 70.7 Å². The van der Waals surface area contributed by atoms with Gasteiger partial charge in [0.1, 0.15) is 5.04 Å². The summed E-state index contributed by atoms with van der Waals surface area (Å²) in [5.74, 6) is 0.829. The summed E-state index contributed by atoms with van der Waals surface area (Å²) in [7, 11) is 0. The smallest absolute Gasteiger partial charge is 0.126 e. The summed E-state index contributed by atoms with van der Waals surface area (Å²) in [6.07, 6.45) is 0. The van der Waals surface area contributed by atoms with Gasteiger partial charge in [0.2, 0.25) is 0 Å². The first-order valence-corrected chi connectivity index (χ1v) is 7.28. The molecular weight excluding hydrogens is 276 g/mol. The fourth-order valence-corrected chi connectivity index (χ4v) is 2.83. The van der Waals surface area contributed by atoms with Gasteiger partial charge in [0.15, 0.2) is 0 Å². The van der Waals surface area contributed by atoms with Gasteiger partial charge in [-0.2, -0.15) is 5.10 Å². The van der Waals surface area contributed by atoms with Gasteiger partial charge in [-0.3, -0.25) is 0 Å². The number of halogens is 1. The third kappa shape index (κ3) is 2.88. The third-order valence-corrected chi connectivity index (χ3v) is 4.07. The second kappa shape index (κ2) is 5.59. The lowest BCUT2D eigenvalue weighted by atomic mass is 10.1. The minimum absolute atomic E-state index is 0.737. The van der Waals surface area contributed by atoms with E-state index in [0.717, 1.165) is 32.7 Å². The summed E-state index contributed by atoms with van der Waals surface area (Å²) in [5.41, 5.74) is 3.18. The van der Waals surface area contributed by atoms with Crippen LogP contribution >= 0.6 is 23.4 Å². The zero-order valence-corrected chi connectivity index (χ0v) is 11.7. The van der Waals surface area contributed by atoms with Crippen molar-refractivity contribution in [3.8, 4) is 0 Å². The van der Waals surface area contributed by atoms with Crippen LogP contribution in [-0.4, -0.2) is 16.5 Å². The molecule has 0 spiro atoms. The maximum atomic E-state index is 5.88. The van der Waals surface area contributed by atoms with E-state index >= 15 is 0 Å². The molecule has 1 aliphatic heterocycles. The Morgan fingerprint density at radius 3 is 2.21 bits per heavy atom. The summed E-state index contributed by atoms with van der Waals surface area (Å²) >= 11 is 7.59.